The number of rotatable bonds is 6. The van der Waals surface area contributed by atoms with E-state index in [9.17, 15) is 22.4 Å². The van der Waals surface area contributed by atoms with Gasteiger partial charge in [0.15, 0.2) is 0 Å². The lowest BCUT2D eigenvalue weighted by Gasteiger charge is -2.39. The van der Waals surface area contributed by atoms with Crippen LogP contribution in [0, 0.1) is 11.6 Å². The molecule has 0 N–H and O–H groups in total. The number of hydrogen-bond donors (Lipinski definition) is 0. The van der Waals surface area contributed by atoms with Gasteiger partial charge in [-0.25, -0.2) is 22.6 Å². The van der Waals surface area contributed by atoms with Gasteiger partial charge in [-0.1, -0.05) is 12.2 Å². The van der Waals surface area contributed by atoms with Crippen LogP contribution in [-0.2, 0) is 4.79 Å². The predicted octanol–water partition coefficient (Wildman–Crippen LogP) is 3.51. The molecule has 0 bridgehead atoms. The molecule has 1 saturated heterocycles. The van der Waals surface area contributed by atoms with Gasteiger partial charge in [0.25, 0.3) is 5.92 Å². The molecular formula is C18H19F4N3O. The summed E-state index contributed by atoms with van der Waals surface area (Å²) in [6.45, 7) is 3.58. The van der Waals surface area contributed by atoms with Crippen LogP contribution in [0.5, 0.6) is 0 Å². The van der Waals surface area contributed by atoms with Crippen LogP contribution in [-0.4, -0.2) is 47.6 Å². The minimum absolute atomic E-state index is 0.106. The molecule has 0 radical (unpaired) electrons. The maximum atomic E-state index is 13.4. The molecule has 1 aromatic rings. The van der Waals surface area contributed by atoms with Crippen molar-refractivity contribution in [2.75, 3.05) is 19.6 Å². The molecule has 0 aromatic heterocycles. The first-order valence-electron chi connectivity index (χ1n) is 8.31. The van der Waals surface area contributed by atoms with Crippen molar-refractivity contribution in [3.63, 3.8) is 0 Å². The number of likely N-dealkylation sites (tertiary alicyclic amines) is 1. The zero-order valence-corrected chi connectivity index (χ0v) is 14.1. The lowest BCUT2D eigenvalue weighted by Crippen LogP contribution is -2.56. The minimum Gasteiger partial charge on any atom is -0.287 e. The van der Waals surface area contributed by atoms with Gasteiger partial charge < -0.3 is 0 Å². The Morgan fingerprint density at radius 3 is 2.46 bits per heavy atom. The molecule has 1 amide bonds. The van der Waals surface area contributed by atoms with Crippen LogP contribution >= 0.6 is 0 Å². The fourth-order valence-corrected chi connectivity index (χ4v) is 3.21. The van der Waals surface area contributed by atoms with Gasteiger partial charge in [0.05, 0.1) is 19.1 Å². The summed E-state index contributed by atoms with van der Waals surface area (Å²) < 4.78 is 52.5. The smallest absolute Gasteiger partial charge is 0.272 e. The topological polar surface area (TPSA) is 35.9 Å². The molecule has 1 atom stereocenters. The van der Waals surface area contributed by atoms with E-state index in [1.54, 1.807) is 4.90 Å². The van der Waals surface area contributed by atoms with Crippen molar-refractivity contribution in [3.05, 3.63) is 47.5 Å². The number of alkyl halides is 2. The highest BCUT2D eigenvalue weighted by Crippen LogP contribution is 2.31. The lowest BCUT2D eigenvalue weighted by atomic mass is 10.0. The molecule has 2 heterocycles. The first kappa shape index (κ1) is 18.6. The van der Waals surface area contributed by atoms with Crippen molar-refractivity contribution < 1.29 is 22.4 Å². The second-order valence-electron chi connectivity index (χ2n) is 6.74. The third kappa shape index (κ3) is 4.30. The van der Waals surface area contributed by atoms with E-state index in [4.69, 9.17) is 0 Å². The standard InChI is InChI=1S/C18H19F4N3O/c1-12(9-24-10-18(21,22)11-24)2-3-17(26)25-16(4-5-23-25)13-6-14(19)8-15(20)7-13/h5-8,16H,1-4,9-11H2. The van der Waals surface area contributed by atoms with Crippen molar-refractivity contribution in [1.82, 2.24) is 9.91 Å². The lowest BCUT2D eigenvalue weighted by molar-refractivity contribution is -0.133. The first-order valence-corrected chi connectivity index (χ1v) is 8.31. The molecular weight excluding hydrogens is 350 g/mol. The summed E-state index contributed by atoms with van der Waals surface area (Å²) in [6, 6.07) is 2.60. The number of carbonyl (C=O) groups excluding carboxylic acids is 1. The maximum absolute atomic E-state index is 13.4. The second-order valence-corrected chi connectivity index (χ2v) is 6.74. The van der Waals surface area contributed by atoms with Crippen LogP contribution in [0.25, 0.3) is 0 Å². The van der Waals surface area contributed by atoms with Crippen LogP contribution in [0.3, 0.4) is 0 Å². The highest BCUT2D eigenvalue weighted by molar-refractivity contribution is 5.80. The quantitative estimate of drug-likeness (QED) is 0.568. The van der Waals surface area contributed by atoms with Crippen LogP contribution in [0.2, 0.25) is 0 Å². The average Bonchev–Trinajstić information content (AvgIpc) is 2.99. The highest BCUT2D eigenvalue weighted by Gasteiger charge is 2.43. The third-order valence-corrected chi connectivity index (χ3v) is 4.40. The van der Waals surface area contributed by atoms with E-state index < -0.39 is 23.6 Å². The van der Waals surface area contributed by atoms with Crippen molar-refractivity contribution in [3.8, 4) is 0 Å². The van der Waals surface area contributed by atoms with E-state index in [0.29, 0.717) is 30.5 Å². The molecule has 3 rings (SSSR count). The Labute approximate surface area is 148 Å². The zero-order chi connectivity index (χ0) is 18.9. The highest BCUT2D eigenvalue weighted by atomic mass is 19.3. The van der Waals surface area contributed by atoms with Crippen molar-refractivity contribution in [1.29, 1.82) is 0 Å². The van der Waals surface area contributed by atoms with Gasteiger partial charge in [-0.3, -0.25) is 9.69 Å². The van der Waals surface area contributed by atoms with Crippen molar-refractivity contribution >= 4 is 12.1 Å². The normalized spacial score (nSPS) is 21.7. The number of benzene rings is 1. The Morgan fingerprint density at radius 1 is 1.19 bits per heavy atom. The molecule has 1 fully saturated rings. The van der Waals surface area contributed by atoms with Gasteiger partial charge in [0, 0.05) is 31.7 Å². The number of hydrazone groups is 1. The molecule has 26 heavy (non-hydrogen) atoms. The number of hydrogen-bond acceptors (Lipinski definition) is 3. The third-order valence-electron chi connectivity index (χ3n) is 4.40. The van der Waals surface area contributed by atoms with E-state index in [-0.39, 0.29) is 25.4 Å². The summed E-state index contributed by atoms with van der Waals surface area (Å²) in [5.74, 6) is -4.35. The molecule has 0 spiro atoms. The Bertz CT molecular complexity index is 722. The summed E-state index contributed by atoms with van der Waals surface area (Å²) in [4.78, 5) is 14.0. The van der Waals surface area contributed by atoms with Gasteiger partial charge in [-0.15, -0.1) is 0 Å². The monoisotopic (exact) mass is 369 g/mol. The summed E-state index contributed by atoms with van der Waals surface area (Å²) in [6.07, 6.45) is 2.35. The van der Waals surface area contributed by atoms with Crippen molar-refractivity contribution in [2.24, 2.45) is 5.10 Å². The first-order chi connectivity index (χ1) is 12.2. The second kappa shape index (κ2) is 7.19. The fourth-order valence-electron chi connectivity index (χ4n) is 3.21. The number of amides is 1. The fraction of sp³-hybridized carbons (Fsp3) is 0.444. The summed E-state index contributed by atoms with van der Waals surface area (Å²) in [5, 5.41) is 5.23. The number of carbonyl (C=O) groups is 1. The molecule has 4 nitrogen and oxygen atoms in total. The van der Waals surface area contributed by atoms with E-state index in [1.165, 1.54) is 23.4 Å². The summed E-state index contributed by atoms with van der Waals surface area (Å²) >= 11 is 0. The minimum atomic E-state index is -2.63. The van der Waals surface area contributed by atoms with Crippen molar-refractivity contribution in [2.45, 2.75) is 31.2 Å². The average molecular weight is 369 g/mol. The summed E-state index contributed by atoms with van der Waals surface area (Å²) in [5.41, 5.74) is 1.03. The Hall–Kier alpha value is -2.22. The SMILES string of the molecule is C=C(CCC(=O)N1N=CCC1c1cc(F)cc(F)c1)CN1CC(F)(F)C1. The van der Waals surface area contributed by atoms with Gasteiger partial charge in [0.1, 0.15) is 11.6 Å². The van der Waals surface area contributed by atoms with E-state index in [1.807, 2.05) is 0 Å². The largest absolute Gasteiger partial charge is 0.287 e. The molecule has 0 saturated carbocycles. The van der Waals surface area contributed by atoms with Gasteiger partial charge >= 0.3 is 0 Å². The van der Waals surface area contributed by atoms with Crippen LogP contribution in [0.4, 0.5) is 17.6 Å². The molecule has 0 aliphatic carbocycles. The van der Waals surface area contributed by atoms with Gasteiger partial charge in [-0.05, 0) is 24.1 Å². The maximum Gasteiger partial charge on any atom is 0.272 e. The zero-order valence-electron chi connectivity index (χ0n) is 14.1. The van der Waals surface area contributed by atoms with E-state index in [2.05, 4.69) is 11.7 Å². The number of halogens is 4. The van der Waals surface area contributed by atoms with Crippen LogP contribution in [0.1, 0.15) is 30.9 Å². The molecule has 8 heteroatoms. The van der Waals surface area contributed by atoms with Crippen LogP contribution in [0.15, 0.2) is 35.5 Å². The molecule has 2 aliphatic rings. The molecule has 1 unspecified atom stereocenters. The van der Waals surface area contributed by atoms with Gasteiger partial charge in [0.2, 0.25) is 5.91 Å². The molecule has 140 valence electrons. The Kier molecular flexibility index (Phi) is 5.13. The summed E-state index contributed by atoms with van der Waals surface area (Å²) in [7, 11) is 0. The predicted molar refractivity (Wildman–Crippen MR) is 88.8 cm³/mol. The van der Waals surface area contributed by atoms with Crippen LogP contribution < -0.4 is 0 Å². The van der Waals surface area contributed by atoms with E-state index >= 15 is 0 Å². The Morgan fingerprint density at radius 2 is 1.85 bits per heavy atom. The molecule has 1 aromatic carbocycles. The Balaban J connectivity index is 1.53. The molecule has 2 aliphatic heterocycles. The van der Waals surface area contributed by atoms with E-state index in [0.717, 1.165) is 6.07 Å². The van der Waals surface area contributed by atoms with Gasteiger partial charge in [-0.2, -0.15) is 5.10 Å². The number of nitrogens with zero attached hydrogens (tertiary/aromatic N) is 3.